The van der Waals surface area contributed by atoms with Gasteiger partial charge in [0.1, 0.15) is 4.90 Å². The van der Waals surface area contributed by atoms with E-state index in [-0.39, 0.29) is 5.54 Å². The first-order valence-corrected chi connectivity index (χ1v) is 8.02. The molecule has 2 atom stereocenters. The van der Waals surface area contributed by atoms with Gasteiger partial charge in [0.2, 0.25) is 10.0 Å². The zero-order chi connectivity index (χ0) is 13.8. The van der Waals surface area contributed by atoms with Crippen molar-refractivity contribution in [2.24, 2.45) is 11.8 Å². The maximum absolute atomic E-state index is 12.8. The highest BCUT2D eigenvalue weighted by Crippen LogP contribution is 2.43. The van der Waals surface area contributed by atoms with Crippen LogP contribution in [0.2, 0.25) is 0 Å². The number of rotatable bonds is 2. The van der Waals surface area contributed by atoms with Crippen molar-refractivity contribution in [1.29, 1.82) is 0 Å². The minimum Gasteiger partial charge on any atom is -0.316 e. The Kier molecular flexibility index (Phi) is 2.78. The van der Waals surface area contributed by atoms with E-state index in [1.165, 1.54) is 6.20 Å². The lowest BCUT2D eigenvalue weighted by Gasteiger charge is -2.34. The van der Waals surface area contributed by atoms with Crippen LogP contribution in [0.5, 0.6) is 0 Å². The van der Waals surface area contributed by atoms with Crippen LogP contribution in [-0.4, -0.2) is 48.1 Å². The summed E-state index contributed by atoms with van der Waals surface area (Å²) in [5.74, 6) is 0.798. The standard InChI is InChI=1S/C12H20N4O2S/c1-8-11(6-14-15-8)19(17,18)16-7-9-4-13-5-10(9)12(16,2)3/h6,9-10,13H,4-5,7H2,1-3H3,(H,14,15). The number of nitrogens with zero attached hydrogens (tertiary/aromatic N) is 2. The first kappa shape index (κ1) is 13.1. The Morgan fingerprint density at radius 3 is 2.74 bits per heavy atom. The molecule has 0 aromatic carbocycles. The van der Waals surface area contributed by atoms with E-state index in [0.717, 1.165) is 13.1 Å². The zero-order valence-corrected chi connectivity index (χ0v) is 12.3. The maximum Gasteiger partial charge on any atom is 0.246 e. The molecule has 6 nitrogen and oxygen atoms in total. The molecule has 0 radical (unpaired) electrons. The second-order valence-corrected chi connectivity index (χ2v) is 7.90. The second kappa shape index (κ2) is 4.04. The third kappa shape index (κ3) is 1.75. The van der Waals surface area contributed by atoms with E-state index >= 15 is 0 Å². The van der Waals surface area contributed by atoms with Gasteiger partial charge in [0, 0.05) is 18.6 Å². The van der Waals surface area contributed by atoms with Crippen molar-refractivity contribution in [3.05, 3.63) is 11.9 Å². The highest BCUT2D eigenvalue weighted by molar-refractivity contribution is 7.89. The molecule has 0 spiro atoms. The summed E-state index contributed by atoms with van der Waals surface area (Å²) in [5, 5.41) is 9.90. The Hall–Kier alpha value is -0.920. The van der Waals surface area contributed by atoms with Gasteiger partial charge in [-0.15, -0.1) is 0 Å². The summed E-state index contributed by atoms with van der Waals surface area (Å²) in [6.45, 7) is 8.19. The van der Waals surface area contributed by atoms with Crippen LogP contribution in [-0.2, 0) is 10.0 Å². The molecule has 0 aliphatic carbocycles. The Bertz CT molecular complexity index is 593. The van der Waals surface area contributed by atoms with Gasteiger partial charge >= 0.3 is 0 Å². The number of hydrogen-bond donors (Lipinski definition) is 2. The van der Waals surface area contributed by atoms with E-state index < -0.39 is 10.0 Å². The quantitative estimate of drug-likeness (QED) is 0.821. The number of sulfonamides is 1. The molecule has 2 aliphatic heterocycles. The summed E-state index contributed by atoms with van der Waals surface area (Å²) >= 11 is 0. The molecular weight excluding hydrogens is 264 g/mol. The molecule has 2 fully saturated rings. The Labute approximate surface area is 113 Å². The van der Waals surface area contributed by atoms with Crippen LogP contribution in [0.1, 0.15) is 19.5 Å². The van der Waals surface area contributed by atoms with Crippen LogP contribution in [0, 0.1) is 18.8 Å². The molecule has 3 rings (SSSR count). The minimum absolute atomic E-state index is 0.300. The molecule has 7 heteroatoms. The molecule has 0 saturated carbocycles. The van der Waals surface area contributed by atoms with Crippen molar-refractivity contribution in [3.63, 3.8) is 0 Å². The third-order valence-corrected chi connectivity index (χ3v) is 6.81. The maximum atomic E-state index is 12.8. The number of hydrogen-bond acceptors (Lipinski definition) is 4. The van der Waals surface area contributed by atoms with E-state index in [1.54, 1.807) is 11.2 Å². The topological polar surface area (TPSA) is 78.1 Å². The predicted molar refractivity (Wildman–Crippen MR) is 71.1 cm³/mol. The summed E-state index contributed by atoms with van der Waals surface area (Å²) in [5.41, 5.74) is 0.252. The second-order valence-electron chi connectivity index (χ2n) is 6.07. The van der Waals surface area contributed by atoms with Crippen molar-refractivity contribution in [2.75, 3.05) is 19.6 Å². The van der Waals surface area contributed by atoms with Gasteiger partial charge in [-0.1, -0.05) is 0 Å². The van der Waals surface area contributed by atoms with Gasteiger partial charge in [-0.3, -0.25) is 5.10 Å². The average Bonchev–Trinajstić information content (AvgIpc) is 2.96. The monoisotopic (exact) mass is 284 g/mol. The molecule has 1 aromatic heterocycles. The van der Waals surface area contributed by atoms with Gasteiger partial charge in [0.25, 0.3) is 0 Å². The van der Waals surface area contributed by atoms with Crippen LogP contribution in [0.25, 0.3) is 0 Å². The lowest BCUT2D eigenvalue weighted by molar-refractivity contribution is 0.233. The van der Waals surface area contributed by atoms with Gasteiger partial charge in [-0.2, -0.15) is 9.40 Å². The van der Waals surface area contributed by atoms with E-state index in [9.17, 15) is 8.42 Å². The number of fused-ring (bicyclic) bond motifs is 1. The van der Waals surface area contributed by atoms with Crippen molar-refractivity contribution in [3.8, 4) is 0 Å². The third-order valence-electron chi connectivity index (χ3n) is 4.64. The molecule has 2 aliphatic rings. The van der Waals surface area contributed by atoms with Crippen molar-refractivity contribution in [1.82, 2.24) is 19.8 Å². The summed E-state index contributed by atoms with van der Waals surface area (Å²) in [4.78, 5) is 0.300. The summed E-state index contributed by atoms with van der Waals surface area (Å²) in [6, 6.07) is 0. The molecule has 3 heterocycles. The van der Waals surface area contributed by atoms with Gasteiger partial charge in [0.05, 0.1) is 11.9 Å². The van der Waals surface area contributed by atoms with Gasteiger partial charge in [-0.25, -0.2) is 8.42 Å². The van der Waals surface area contributed by atoms with E-state index in [4.69, 9.17) is 0 Å². The normalized spacial score (nSPS) is 30.7. The first-order valence-electron chi connectivity index (χ1n) is 6.58. The summed E-state index contributed by atoms with van der Waals surface area (Å²) in [7, 11) is -3.46. The van der Waals surface area contributed by atoms with Crippen molar-refractivity contribution >= 4 is 10.0 Å². The van der Waals surface area contributed by atoms with Crippen LogP contribution >= 0.6 is 0 Å². The zero-order valence-electron chi connectivity index (χ0n) is 11.5. The lowest BCUT2D eigenvalue weighted by atomic mass is 9.85. The van der Waals surface area contributed by atoms with Crippen LogP contribution in [0.3, 0.4) is 0 Å². The molecule has 2 saturated heterocycles. The number of aryl methyl sites for hydroxylation is 1. The fourth-order valence-electron chi connectivity index (χ4n) is 3.51. The number of aromatic amines is 1. The van der Waals surface area contributed by atoms with E-state index in [0.29, 0.717) is 29.0 Å². The lowest BCUT2D eigenvalue weighted by Crippen LogP contribution is -2.47. The average molecular weight is 284 g/mol. The minimum atomic E-state index is -3.46. The fraction of sp³-hybridized carbons (Fsp3) is 0.750. The molecule has 106 valence electrons. The SMILES string of the molecule is Cc1[nH]ncc1S(=O)(=O)N1CC2CNCC2C1(C)C. The predicted octanol–water partition coefficient (Wildman–Crippen LogP) is 0.337. The van der Waals surface area contributed by atoms with Gasteiger partial charge in [0.15, 0.2) is 0 Å². The summed E-state index contributed by atoms with van der Waals surface area (Å²) in [6.07, 6.45) is 1.41. The molecular formula is C12H20N4O2S. The van der Waals surface area contributed by atoms with E-state index in [1.807, 2.05) is 13.8 Å². The van der Waals surface area contributed by atoms with E-state index in [2.05, 4.69) is 15.5 Å². The molecule has 0 bridgehead atoms. The number of H-pyrrole nitrogens is 1. The Morgan fingerprint density at radius 1 is 1.42 bits per heavy atom. The smallest absolute Gasteiger partial charge is 0.246 e. The van der Waals surface area contributed by atoms with Crippen molar-refractivity contribution < 1.29 is 8.42 Å². The number of nitrogens with one attached hydrogen (secondary N) is 2. The molecule has 1 aromatic rings. The highest BCUT2D eigenvalue weighted by atomic mass is 32.2. The molecule has 2 N–H and O–H groups in total. The summed E-state index contributed by atoms with van der Waals surface area (Å²) < 4.78 is 27.3. The highest BCUT2D eigenvalue weighted by Gasteiger charge is 2.54. The first-order chi connectivity index (χ1) is 8.85. The van der Waals surface area contributed by atoms with Crippen LogP contribution < -0.4 is 5.32 Å². The molecule has 2 unspecified atom stereocenters. The number of aromatic nitrogens is 2. The Morgan fingerprint density at radius 2 is 2.16 bits per heavy atom. The fourth-order valence-corrected chi connectivity index (χ4v) is 5.51. The molecule has 19 heavy (non-hydrogen) atoms. The van der Waals surface area contributed by atoms with Gasteiger partial charge in [-0.05, 0) is 39.2 Å². The molecule has 0 amide bonds. The van der Waals surface area contributed by atoms with Crippen molar-refractivity contribution in [2.45, 2.75) is 31.2 Å². The van der Waals surface area contributed by atoms with Gasteiger partial charge < -0.3 is 5.32 Å². The Balaban J connectivity index is 2.01. The van der Waals surface area contributed by atoms with Crippen LogP contribution in [0.15, 0.2) is 11.1 Å². The van der Waals surface area contributed by atoms with Crippen LogP contribution in [0.4, 0.5) is 0 Å². The largest absolute Gasteiger partial charge is 0.316 e.